The molecule has 2 saturated heterocycles. The minimum absolute atomic E-state index is 0. The maximum Gasteiger partial charge on any atom is -0.00232 e. The summed E-state index contributed by atoms with van der Waals surface area (Å²) in [5.41, 5.74) is 0. The Morgan fingerprint density at radius 1 is 1.25 bits per heavy atom. The fraction of sp³-hybridized carbons (Fsp3) is 1.00. The van der Waals surface area contributed by atoms with Gasteiger partial charge >= 0.3 is 104 Å². The summed E-state index contributed by atoms with van der Waals surface area (Å²) in [6.07, 6.45) is -4.73. The molecule has 2 aliphatic rings. The van der Waals surface area contributed by atoms with Gasteiger partial charge in [-0.3, -0.25) is 0 Å². The Balaban J connectivity index is 0.000000617. The van der Waals surface area contributed by atoms with E-state index in [2.05, 4.69) is 0 Å². The van der Waals surface area contributed by atoms with Crippen LogP contribution in [0.3, 0.4) is 0 Å². The molecule has 0 spiro atoms. The average molecular weight is 493 g/mol. The fourth-order valence-corrected chi connectivity index (χ4v) is 2.27. The third kappa shape index (κ3) is 7.00. The van der Waals surface area contributed by atoms with Gasteiger partial charge in [-0.1, -0.05) is 0 Å². The summed E-state index contributed by atoms with van der Waals surface area (Å²) in [5, 5.41) is 48.0. The topological polar surface area (TPSA) is 157 Å². The maximum atomic E-state index is 9.55. The Morgan fingerprint density at radius 2 is 1.80 bits per heavy atom. The van der Waals surface area contributed by atoms with Gasteiger partial charge in [-0.05, 0) is 13.1 Å². The van der Waals surface area contributed by atoms with Crippen molar-refractivity contribution in [2.24, 2.45) is 0 Å². The van der Waals surface area contributed by atoms with Gasteiger partial charge in [-0.15, -0.1) is 0 Å². The number of nitrogens with zero attached hydrogens (tertiary/aromatic N) is 1. The first-order chi connectivity index (χ1) is 8.99. The van der Waals surface area contributed by atoms with Gasteiger partial charge in [-0.2, -0.15) is 0 Å². The molecule has 6 N–H and O–H groups in total. The third-order valence-electron chi connectivity index (χ3n) is 2.84. The van der Waals surface area contributed by atoms with E-state index in [1.165, 1.54) is 0 Å². The minimum atomic E-state index is -1.29. The molecule has 2 heterocycles. The predicted molar refractivity (Wildman–Crippen MR) is 70.0 cm³/mol. The Bertz CT molecular complexity index is 257. The Hall–Kier alpha value is 0.536. The number of hydrogen-bond acceptors (Lipinski definition) is 8. The molecular formula is C10H22NO8Po-. The second-order valence-electron chi connectivity index (χ2n) is 4.49. The van der Waals surface area contributed by atoms with Gasteiger partial charge in [0.2, 0.25) is 0 Å². The minimum Gasteiger partial charge on any atom is -0.785 e. The summed E-state index contributed by atoms with van der Waals surface area (Å²) in [6, 6.07) is 0. The normalized spacial score (nSPS) is 37.2. The predicted octanol–water partition coefficient (Wildman–Crippen LogP) is -3.97. The Morgan fingerprint density at radius 3 is 2.20 bits per heavy atom. The van der Waals surface area contributed by atoms with Crippen LogP contribution in [0, 0.1) is 5.21 Å². The Kier molecular flexibility index (Phi) is 10.6. The van der Waals surface area contributed by atoms with E-state index in [1.54, 1.807) is 0 Å². The van der Waals surface area contributed by atoms with Crippen molar-refractivity contribution in [2.45, 2.75) is 36.9 Å². The van der Waals surface area contributed by atoms with Crippen LogP contribution < -0.4 is 0 Å². The summed E-state index contributed by atoms with van der Waals surface area (Å²) in [4.78, 5) is 0. The third-order valence-corrected chi connectivity index (χ3v) is 3.42. The molecule has 9 nitrogen and oxygen atoms in total. The molecule has 122 valence electrons. The maximum absolute atomic E-state index is 9.55. The van der Waals surface area contributed by atoms with E-state index in [9.17, 15) is 20.5 Å². The summed E-state index contributed by atoms with van der Waals surface area (Å²) in [5.74, 6) is 0. The van der Waals surface area contributed by atoms with Crippen molar-refractivity contribution in [3.05, 3.63) is 5.21 Å². The van der Waals surface area contributed by atoms with Gasteiger partial charge in [0.25, 0.3) is 0 Å². The molecule has 0 radical (unpaired) electrons. The van der Waals surface area contributed by atoms with Crippen LogP contribution in [-0.4, -0.2) is 113 Å². The van der Waals surface area contributed by atoms with Crippen LogP contribution in [0.15, 0.2) is 0 Å². The second-order valence-corrected chi connectivity index (χ2v) is 5.49. The molecule has 2 rings (SSSR count). The van der Waals surface area contributed by atoms with Crippen molar-refractivity contribution >= 4 is 25.5 Å². The first-order valence-electron chi connectivity index (χ1n) is 5.98. The molecule has 2 fully saturated rings. The molecule has 5 unspecified atom stereocenters. The van der Waals surface area contributed by atoms with E-state index in [0.717, 1.165) is 43.7 Å². The number of ether oxygens (including phenoxy) is 1. The van der Waals surface area contributed by atoms with Crippen molar-refractivity contribution in [1.29, 1.82) is 0 Å². The molecule has 0 aliphatic carbocycles. The van der Waals surface area contributed by atoms with E-state index >= 15 is 0 Å². The molecule has 10 heteroatoms. The number of aliphatic hydroxyl groups excluding tert-OH is 4. The van der Waals surface area contributed by atoms with Crippen LogP contribution in [0.1, 0.15) is 6.42 Å². The summed E-state index contributed by atoms with van der Waals surface area (Å²) >= 11 is 0.737. The molecule has 5 atom stereocenters. The summed E-state index contributed by atoms with van der Waals surface area (Å²) in [7, 11) is 0. The van der Waals surface area contributed by atoms with Gasteiger partial charge < -0.3 is 15.7 Å². The SMILES string of the molecule is O.OCC1OC(C[O][PoH])CC(O)C(O)C1O.[O-]N1CC1. The van der Waals surface area contributed by atoms with Gasteiger partial charge in [-0.25, -0.2) is 0 Å². The first kappa shape index (κ1) is 20.5. The van der Waals surface area contributed by atoms with E-state index < -0.39 is 37.1 Å². The van der Waals surface area contributed by atoms with Crippen molar-refractivity contribution in [3.8, 4) is 0 Å². The van der Waals surface area contributed by atoms with E-state index in [-0.39, 0.29) is 11.9 Å². The van der Waals surface area contributed by atoms with Crippen molar-refractivity contribution < 1.29 is 33.4 Å². The van der Waals surface area contributed by atoms with Crippen molar-refractivity contribution in [3.63, 3.8) is 0 Å². The number of hydrogen-bond donors (Lipinski definition) is 4. The van der Waals surface area contributed by atoms with Gasteiger partial charge in [0.05, 0.1) is 0 Å². The molecule has 2 aliphatic heterocycles. The molecule has 0 bridgehead atoms. The zero-order valence-corrected chi connectivity index (χ0v) is 14.3. The molecule has 0 aromatic carbocycles. The smallest absolute Gasteiger partial charge is 0.00232 e. The molecule has 0 amide bonds. The van der Waals surface area contributed by atoms with Crippen LogP contribution >= 0.6 is 0 Å². The largest absolute Gasteiger partial charge is 0.785 e. The van der Waals surface area contributed by atoms with Gasteiger partial charge in [0.15, 0.2) is 0 Å². The number of hydroxylamine groups is 2. The molecule has 0 aromatic heterocycles. The summed E-state index contributed by atoms with van der Waals surface area (Å²) in [6.45, 7) is 1.42. The molecule has 0 saturated carbocycles. The number of aliphatic hydroxyl groups is 4. The van der Waals surface area contributed by atoms with Gasteiger partial charge in [0.1, 0.15) is 0 Å². The molecule has 20 heavy (non-hydrogen) atoms. The standard InChI is InChI=1S/C8H15O6.C2H4NO.H2O.Po.H/c9-2-4-1-5(11)7(12)8(13)6(3-10)14-4;4-3-1-2-3;;;/h4-8,10-13H,1-3H2;1-2H2;1H2;;/q2*-1;;+1;. The molecular weight excluding hydrogens is 471 g/mol. The fourth-order valence-electron chi connectivity index (χ4n) is 1.62. The average Bonchev–Trinajstić information content (AvgIpc) is 3.17. The molecule has 0 aromatic rings. The second kappa shape index (κ2) is 10.3. The first-order valence-corrected chi connectivity index (χ1v) is 7.40. The van der Waals surface area contributed by atoms with Crippen molar-refractivity contribution in [2.75, 3.05) is 26.3 Å². The van der Waals surface area contributed by atoms with Crippen LogP contribution in [0.4, 0.5) is 0 Å². The van der Waals surface area contributed by atoms with E-state index in [4.69, 9.17) is 12.6 Å². The monoisotopic (exact) mass is 493 g/mol. The van der Waals surface area contributed by atoms with E-state index in [0.29, 0.717) is 6.61 Å². The zero-order chi connectivity index (χ0) is 14.4. The quantitative estimate of drug-likeness (QED) is 0.290. The van der Waals surface area contributed by atoms with Crippen LogP contribution in [0.25, 0.3) is 0 Å². The van der Waals surface area contributed by atoms with Gasteiger partial charge in [0, 0.05) is 0 Å². The number of rotatable bonds is 3. The zero-order valence-electron chi connectivity index (χ0n) is 10.8. The van der Waals surface area contributed by atoms with E-state index in [1.807, 2.05) is 0 Å². The Labute approximate surface area is 132 Å². The van der Waals surface area contributed by atoms with Crippen LogP contribution in [-0.2, 0) is 7.51 Å². The van der Waals surface area contributed by atoms with Crippen molar-refractivity contribution in [1.82, 2.24) is 5.06 Å². The summed E-state index contributed by atoms with van der Waals surface area (Å²) < 4.78 is 10.3. The van der Waals surface area contributed by atoms with Crippen LogP contribution in [0.5, 0.6) is 0 Å². The van der Waals surface area contributed by atoms with Crippen LogP contribution in [0.2, 0.25) is 0 Å².